The van der Waals surface area contributed by atoms with Crippen LogP contribution in [0.4, 0.5) is 23.2 Å². The van der Waals surface area contributed by atoms with Gasteiger partial charge in [-0.15, -0.1) is 0 Å². The number of benzene rings is 2. The Balaban J connectivity index is 1.78. The summed E-state index contributed by atoms with van der Waals surface area (Å²) in [6, 6.07) is 12.9. The average molecular weight is 497 g/mol. The van der Waals surface area contributed by atoms with E-state index in [1.165, 1.54) is 6.07 Å². The van der Waals surface area contributed by atoms with Crippen LogP contribution in [-0.2, 0) is 36.6 Å². The van der Waals surface area contributed by atoms with Gasteiger partial charge in [0, 0.05) is 43.6 Å². The highest BCUT2D eigenvalue weighted by atomic mass is 32.2. The first-order valence-electron chi connectivity index (χ1n) is 10.7. The maximum absolute atomic E-state index is 14.9. The van der Waals surface area contributed by atoms with Crippen molar-refractivity contribution < 1.29 is 26.0 Å². The Hall–Kier alpha value is -2.92. The lowest BCUT2D eigenvalue weighted by Gasteiger charge is -2.34. The van der Waals surface area contributed by atoms with Crippen molar-refractivity contribution in [3.63, 3.8) is 0 Å². The second-order valence-electron chi connectivity index (χ2n) is 8.32. The van der Waals surface area contributed by atoms with Gasteiger partial charge in [0.05, 0.1) is 18.6 Å². The van der Waals surface area contributed by atoms with Crippen molar-refractivity contribution in [3.05, 3.63) is 83.7 Å². The van der Waals surface area contributed by atoms with Crippen LogP contribution < -0.4 is 4.90 Å². The molecule has 0 N–H and O–H groups in total. The van der Waals surface area contributed by atoms with Crippen molar-refractivity contribution in [1.82, 2.24) is 13.9 Å². The summed E-state index contributed by atoms with van der Waals surface area (Å²) in [5, 5.41) is 0. The van der Waals surface area contributed by atoms with Gasteiger partial charge in [-0.1, -0.05) is 36.4 Å². The fourth-order valence-electron chi connectivity index (χ4n) is 4.24. The number of halogens is 4. The van der Waals surface area contributed by atoms with E-state index in [1.807, 2.05) is 30.3 Å². The molecule has 2 heterocycles. The van der Waals surface area contributed by atoms with E-state index >= 15 is 0 Å². The smallest absolute Gasteiger partial charge is 0.361 e. The average Bonchev–Trinajstić information content (AvgIpc) is 3.12. The first-order valence-corrected chi connectivity index (χ1v) is 12.1. The molecule has 1 aromatic heterocycles. The molecule has 1 aliphatic heterocycles. The van der Waals surface area contributed by atoms with E-state index in [4.69, 9.17) is 0 Å². The van der Waals surface area contributed by atoms with Crippen molar-refractivity contribution in [1.29, 1.82) is 0 Å². The number of hydrogen-bond acceptors (Lipinski definition) is 4. The number of aryl methyl sites for hydroxylation is 2. The summed E-state index contributed by atoms with van der Waals surface area (Å²) in [7, 11) is -3.88. The van der Waals surface area contributed by atoms with Crippen LogP contribution in [-0.4, -0.2) is 40.4 Å². The molecule has 0 aliphatic carbocycles. The summed E-state index contributed by atoms with van der Waals surface area (Å²) in [6.07, 6.45) is 4.23. The van der Waals surface area contributed by atoms with Gasteiger partial charge in [0.1, 0.15) is 5.82 Å². The largest absolute Gasteiger partial charge is 0.511 e. The molecule has 0 unspecified atom stereocenters. The molecule has 182 valence electrons. The minimum Gasteiger partial charge on any atom is -0.361 e. The fourth-order valence-corrected chi connectivity index (χ4v) is 5.20. The van der Waals surface area contributed by atoms with Crippen LogP contribution in [0.25, 0.3) is 0 Å². The number of alkyl halides is 3. The molecule has 0 saturated heterocycles. The van der Waals surface area contributed by atoms with Crippen LogP contribution in [0.15, 0.2) is 61.1 Å². The first-order chi connectivity index (χ1) is 16.1. The molecule has 2 aromatic carbocycles. The molecular weight excluding hydrogens is 472 g/mol. The fraction of sp³-hybridized carbons (Fsp3) is 0.348. The Morgan fingerprint density at radius 1 is 1.09 bits per heavy atom. The Kier molecular flexibility index (Phi) is 6.68. The van der Waals surface area contributed by atoms with Crippen molar-refractivity contribution in [3.8, 4) is 0 Å². The number of sulfonamides is 1. The summed E-state index contributed by atoms with van der Waals surface area (Å²) in [4.78, 5) is 6.08. The molecule has 11 heteroatoms. The van der Waals surface area contributed by atoms with Crippen molar-refractivity contribution in [2.24, 2.45) is 7.05 Å². The van der Waals surface area contributed by atoms with Gasteiger partial charge >= 0.3 is 15.5 Å². The normalized spacial score (nSPS) is 17.4. The number of fused-ring (bicyclic) bond motifs is 1. The topological polar surface area (TPSA) is 58.4 Å². The Labute approximate surface area is 195 Å². The molecule has 0 bridgehead atoms. The molecule has 0 spiro atoms. The minimum absolute atomic E-state index is 0.0894. The van der Waals surface area contributed by atoms with Crippen molar-refractivity contribution in [2.45, 2.75) is 37.5 Å². The highest BCUT2D eigenvalue weighted by Gasteiger charge is 2.51. The number of anilines is 1. The number of rotatable bonds is 6. The summed E-state index contributed by atoms with van der Waals surface area (Å²) in [5.41, 5.74) is -3.61. The van der Waals surface area contributed by atoms with E-state index in [0.29, 0.717) is 28.5 Å². The molecule has 1 aliphatic rings. The zero-order chi connectivity index (χ0) is 24.5. The zero-order valence-corrected chi connectivity index (χ0v) is 19.2. The number of aromatic nitrogens is 2. The molecule has 4 rings (SSSR count). The van der Waals surface area contributed by atoms with Gasteiger partial charge in [-0.3, -0.25) is 0 Å². The molecular formula is C23H24F4N4O2S. The molecule has 34 heavy (non-hydrogen) atoms. The quantitative estimate of drug-likeness (QED) is 0.480. The van der Waals surface area contributed by atoms with Crippen LogP contribution in [0.1, 0.15) is 23.2 Å². The Morgan fingerprint density at radius 2 is 1.82 bits per heavy atom. The van der Waals surface area contributed by atoms with Gasteiger partial charge in [0.25, 0.3) is 0 Å². The van der Waals surface area contributed by atoms with E-state index in [-0.39, 0.29) is 12.1 Å². The third-order valence-electron chi connectivity index (χ3n) is 5.93. The summed E-state index contributed by atoms with van der Waals surface area (Å²) >= 11 is 0. The lowest BCUT2D eigenvalue weighted by molar-refractivity contribution is -0.0492. The monoisotopic (exact) mass is 496 g/mol. The third kappa shape index (κ3) is 4.95. The first kappa shape index (κ1) is 24.2. The second-order valence-corrected chi connectivity index (χ2v) is 10.2. The molecule has 0 fully saturated rings. The lowest BCUT2D eigenvalue weighted by atomic mass is 10.0. The molecule has 0 radical (unpaired) electrons. The van der Waals surface area contributed by atoms with Crippen molar-refractivity contribution in [2.75, 3.05) is 11.4 Å². The molecule has 1 atom stereocenters. The van der Waals surface area contributed by atoms with E-state index in [1.54, 1.807) is 35.1 Å². The number of hydrogen-bond donors (Lipinski definition) is 0. The highest BCUT2D eigenvalue weighted by molar-refractivity contribution is 7.89. The van der Waals surface area contributed by atoms with Crippen LogP contribution in [0.3, 0.4) is 0 Å². The zero-order valence-electron chi connectivity index (χ0n) is 18.4. The van der Waals surface area contributed by atoms with Crippen LogP contribution in [0.2, 0.25) is 0 Å². The van der Waals surface area contributed by atoms with Crippen LogP contribution in [0.5, 0.6) is 0 Å². The van der Waals surface area contributed by atoms with E-state index in [2.05, 4.69) is 4.98 Å². The SMILES string of the molecule is Cn1cnc(CN2c3cccc(F)c3CN(S(=O)(=O)C(F)(F)F)C[C@@H]2CCc2ccccc2)c1. The van der Waals surface area contributed by atoms with E-state index in [9.17, 15) is 26.0 Å². The summed E-state index contributed by atoms with van der Waals surface area (Å²) in [6.45, 7) is -0.948. The minimum atomic E-state index is -5.67. The highest BCUT2D eigenvalue weighted by Crippen LogP contribution is 2.36. The Bertz CT molecular complexity index is 1250. The standard InChI is InChI=1S/C23H24F4N4O2S/c1-29-12-18(28-16-29)13-31-19(11-10-17-6-3-2-4-7-17)14-30(34(32,33)23(25,26)27)15-20-21(24)8-5-9-22(20)31/h2-9,12,16,19H,10-11,13-15H2,1H3/t19-/m0/s1. The van der Waals surface area contributed by atoms with Crippen molar-refractivity contribution >= 4 is 15.7 Å². The van der Waals surface area contributed by atoms with Gasteiger partial charge in [0.2, 0.25) is 0 Å². The van der Waals surface area contributed by atoms with Gasteiger partial charge in [0.15, 0.2) is 0 Å². The molecule has 3 aromatic rings. The van der Waals surface area contributed by atoms with Gasteiger partial charge < -0.3 is 9.47 Å². The van der Waals surface area contributed by atoms with E-state index < -0.39 is 40.5 Å². The van der Waals surface area contributed by atoms with Gasteiger partial charge in [-0.25, -0.2) is 17.8 Å². The second kappa shape index (κ2) is 9.38. The predicted molar refractivity (Wildman–Crippen MR) is 120 cm³/mol. The van der Waals surface area contributed by atoms with Crippen LogP contribution >= 0.6 is 0 Å². The summed E-state index contributed by atoms with van der Waals surface area (Å²) in [5.74, 6) is -0.755. The molecule has 0 saturated carbocycles. The molecule has 6 nitrogen and oxygen atoms in total. The Morgan fingerprint density at radius 3 is 2.47 bits per heavy atom. The number of nitrogens with zero attached hydrogens (tertiary/aromatic N) is 4. The number of imidazole rings is 1. The van der Waals surface area contributed by atoms with E-state index in [0.717, 1.165) is 11.6 Å². The summed E-state index contributed by atoms with van der Waals surface area (Å²) < 4.78 is 82.3. The lowest BCUT2D eigenvalue weighted by Crippen LogP contribution is -2.47. The van der Waals surface area contributed by atoms with Gasteiger partial charge in [-0.2, -0.15) is 17.5 Å². The third-order valence-corrected chi connectivity index (χ3v) is 7.47. The predicted octanol–water partition coefficient (Wildman–Crippen LogP) is 4.23. The van der Waals surface area contributed by atoms with Gasteiger partial charge in [-0.05, 0) is 30.5 Å². The maximum Gasteiger partial charge on any atom is 0.511 e. The van der Waals surface area contributed by atoms with Crippen LogP contribution in [0, 0.1) is 5.82 Å². The molecule has 0 amide bonds. The maximum atomic E-state index is 14.9.